The van der Waals surface area contributed by atoms with Crippen LogP contribution in [0.5, 0.6) is 0 Å². The van der Waals surface area contributed by atoms with Gasteiger partial charge in [-0.15, -0.1) is 0 Å². The summed E-state index contributed by atoms with van der Waals surface area (Å²) >= 11 is 0. The maximum atomic E-state index is 10.7. The van der Waals surface area contributed by atoms with Crippen LogP contribution in [0.3, 0.4) is 0 Å². The quantitative estimate of drug-likeness (QED) is 0.857. The molecule has 2 heteroatoms. The van der Waals surface area contributed by atoms with E-state index >= 15 is 0 Å². The second kappa shape index (κ2) is 5.85. The standard InChI is InChI=1S/C16H25NO/c1-2-13-7-6-10-16(11-13,12-17)15(18)14-8-4-3-5-9-14/h3-5,8-9,13,15,18H,2,6-7,10-12,17H2,1H3. The molecule has 3 unspecified atom stereocenters. The van der Waals surface area contributed by atoms with Crippen LogP contribution in [0, 0.1) is 11.3 Å². The minimum absolute atomic E-state index is 0.111. The minimum Gasteiger partial charge on any atom is -0.388 e. The van der Waals surface area contributed by atoms with Crippen LogP contribution in [-0.4, -0.2) is 11.7 Å². The normalized spacial score (nSPS) is 30.1. The Morgan fingerprint density at radius 3 is 2.72 bits per heavy atom. The van der Waals surface area contributed by atoms with Crippen LogP contribution >= 0.6 is 0 Å². The van der Waals surface area contributed by atoms with E-state index in [1.54, 1.807) is 0 Å². The molecule has 1 saturated carbocycles. The van der Waals surface area contributed by atoms with Crippen molar-refractivity contribution in [1.82, 2.24) is 0 Å². The van der Waals surface area contributed by atoms with Crippen LogP contribution in [0.1, 0.15) is 50.7 Å². The molecular weight excluding hydrogens is 222 g/mol. The fourth-order valence-corrected chi connectivity index (χ4v) is 3.40. The van der Waals surface area contributed by atoms with Gasteiger partial charge in [0.2, 0.25) is 0 Å². The van der Waals surface area contributed by atoms with Gasteiger partial charge in [0.25, 0.3) is 0 Å². The van der Waals surface area contributed by atoms with E-state index in [9.17, 15) is 5.11 Å². The summed E-state index contributed by atoms with van der Waals surface area (Å²) in [6.07, 6.45) is 5.38. The molecule has 0 aliphatic heterocycles. The zero-order valence-electron chi connectivity index (χ0n) is 11.3. The average molecular weight is 247 g/mol. The van der Waals surface area contributed by atoms with Crippen molar-refractivity contribution in [3.8, 4) is 0 Å². The summed E-state index contributed by atoms with van der Waals surface area (Å²) < 4.78 is 0. The van der Waals surface area contributed by atoms with Crippen LogP contribution in [0.4, 0.5) is 0 Å². The Labute approximate surface area is 110 Å². The first kappa shape index (κ1) is 13.6. The molecule has 0 aromatic heterocycles. The number of benzene rings is 1. The summed E-state index contributed by atoms with van der Waals surface area (Å²) in [5.41, 5.74) is 6.94. The van der Waals surface area contributed by atoms with Crippen molar-refractivity contribution in [2.75, 3.05) is 6.54 Å². The van der Waals surface area contributed by atoms with E-state index < -0.39 is 6.10 Å². The van der Waals surface area contributed by atoms with Gasteiger partial charge in [-0.2, -0.15) is 0 Å². The third-order valence-electron chi connectivity index (χ3n) is 4.66. The van der Waals surface area contributed by atoms with Crippen LogP contribution in [-0.2, 0) is 0 Å². The summed E-state index contributed by atoms with van der Waals surface area (Å²) in [6, 6.07) is 9.99. The Kier molecular flexibility index (Phi) is 4.41. The van der Waals surface area contributed by atoms with E-state index in [-0.39, 0.29) is 5.41 Å². The van der Waals surface area contributed by atoms with Crippen molar-refractivity contribution >= 4 is 0 Å². The van der Waals surface area contributed by atoms with Crippen LogP contribution < -0.4 is 5.73 Å². The smallest absolute Gasteiger partial charge is 0.0858 e. The Bertz CT molecular complexity index is 365. The predicted octanol–water partition coefficient (Wildman–Crippen LogP) is 3.27. The van der Waals surface area contributed by atoms with E-state index in [2.05, 4.69) is 6.92 Å². The number of rotatable bonds is 4. The molecule has 3 atom stereocenters. The van der Waals surface area contributed by atoms with Crippen molar-refractivity contribution in [1.29, 1.82) is 0 Å². The predicted molar refractivity (Wildman–Crippen MR) is 75.1 cm³/mol. The van der Waals surface area contributed by atoms with Crippen LogP contribution in [0.25, 0.3) is 0 Å². The highest BCUT2D eigenvalue weighted by Crippen LogP contribution is 2.47. The SMILES string of the molecule is CCC1CCCC(CN)(C(O)c2ccccc2)C1. The van der Waals surface area contributed by atoms with Gasteiger partial charge in [0, 0.05) is 12.0 Å². The van der Waals surface area contributed by atoms with Gasteiger partial charge in [0.1, 0.15) is 0 Å². The van der Waals surface area contributed by atoms with Gasteiger partial charge in [0.05, 0.1) is 6.10 Å². The second-order valence-corrected chi connectivity index (χ2v) is 5.75. The lowest BCUT2D eigenvalue weighted by Crippen LogP contribution is -2.41. The molecule has 2 nitrogen and oxygen atoms in total. The molecule has 1 fully saturated rings. The molecule has 18 heavy (non-hydrogen) atoms. The van der Waals surface area contributed by atoms with Gasteiger partial charge in [0.15, 0.2) is 0 Å². The largest absolute Gasteiger partial charge is 0.388 e. The Hall–Kier alpha value is -0.860. The van der Waals surface area contributed by atoms with Gasteiger partial charge < -0.3 is 10.8 Å². The number of aliphatic hydroxyl groups excluding tert-OH is 1. The molecule has 100 valence electrons. The third kappa shape index (κ3) is 2.60. The zero-order valence-corrected chi connectivity index (χ0v) is 11.3. The van der Waals surface area contributed by atoms with E-state index in [0.29, 0.717) is 6.54 Å². The summed E-state index contributed by atoms with van der Waals surface area (Å²) in [7, 11) is 0. The minimum atomic E-state index is -0.418. The van der Waals surface area contributed by atoms with Crippen LogP contribution in [0.2, 0.25) is 0 Å². The van der Waals surface area contributed by atoms with Crippen molar-refractivity contribution in [3.63, 3.8) is 0 Å². The lowest BCUT2D eigenvalue weighted by molar-refractivity contribution is -0.0162. The molecule has 0 amide bonds. The van der Waals surface area contributed by atoms with Gasteiger partial charge >= 0.3 is 0 Å². The van der Waals surface area contributed by atoms with Crippen LogP contribution in [0.15, 0.2) is 30.3 Å². The zero-order chi connectivity index (χ0) is 13.0. The second-order valence-electron chi connectivity index (χ2n) is 5.75. The lowest BCUT2D eigenvalue weighted by atomic mass is 9.64. The lowest BCUT2D eigenvalue weighted by Gasteiger charge is -2.43. The van der Waals surface area contributed by atoms with E-state index in [0.717, 1.165) is 24.3 Å². The fraction of sp³-hybridized carbons (Fsp3) is 0.625. The first-order valence-electron chi connectivity index (χ1n) is 7.15. The van der Waals surface area contributed by atoms with Crippen molar-refractivity contribution < 1.29 is 5.11 Å². The maximum absolute atomic E-state index is 10.7. The molecule has 1 aromatic rings. The Balaban J connectivity index is 2.21. The van der Waals surface area contributed by atoms with Gasteiger partial charge in [-0.25, -0.2) is 0 Å². The van der Waals surface area contributed by atoms with Gasteiger partial charge in [-0.1, -0.05) is 56.5 Å². The van der Waals surface area contributed by atoms with Crippen molar-refractivity contribution in [2.24, 2.45) is 17.1 Å². The molecule has 0 saturated heterocycles. The molecule has 3 N–H and O–H groups in total. The molecule has 1 aliphatic rings. The van der Waals surface area contributed by atoms with E-state index in [1.165, 1.54) is 19.3 Å². The average Bonchev–Trinajstić information content (AvgIpc) is 2.47. The highest BCUT2D eigenvalue weighted by molar-refractivity contribution is 5.20. The molecule has 0 spiro atoms. The molecule has 1 aliphatic carbocycles. The first-order valence-corrected chi connectivity index (χ1v) is 7.15. The Morgan fingerprint density at radius 1 is 1.39 bits per heavy atom. The Morgan fingerprint density at radius 2 is 2.11 bits per heavy atom. The maximum Gasteiger partial charge on any atom is 0.0858 e. The highest BCUT2D eigenvalue weighted by Gasteiger charge is 2.41. The summed E-state index contributed by atoms with van der Waals surface area (Å²) in [5, 5.41) is 10.7. The molecule has 0 bridgehead atoms. The molecule has 0 heterocycles. The van der Waals surface area contributed by atoms with E-state index in [4.69, 9.17) is 5.73 Å². The molecule has 2 rings (SSSR count). The van der Waals surface area contributed by atoms with Gasteiger partial charge in [-0.05, 0) is 24.3 Å². The van der Waals surface area contributed by atoms with Crippen molar-refractivity contribution in [3.05, 3.63) is 35.9 Å². The highest BCUT2D eigenvalue weighted by atomic mass is 16.3. The molecular formula is C16H25NO. The van der Waals surface area contributed by atoms with Gasteiger partial charge in [-0.3, -0.25) is 0 Å². The topological polar surface area (TPSA) is 46.2 Å². The summed E-state index contributed by atoms with van der Waals surface area (Å²) in [5.74, 6) is 0.723. The summed E-state index contributed by atoms with van der Waals surface area (Å²) in [6.45, 7) is 2.83. The number of hydrogen-bond donors (Lipinski definition) is 2. The monoisotopic (exact) mass is 247 g/mol. The number of aliphatic hydroxyl groups is 1. The van der Waals surface area contributed by atoms with E-state index in [1.807, 2.05) is 30.3 Å². The summed E-state index contributed by atoms with van der Waals surface area (Å²) in [4.78, 5) is 0. The molecule has 1 aromatic carbocycles. The first-order chi connectivity index (χ1) is 8.72. The third-order valence-corrected chi connectivity index (χ3v) is 4.66. The number of hydrogen-bond acceptors (Lipinski definition) is 2. The number of nitrogens with two attached hydrogens (primary N) is 1. The molecule has 0 radical (unpaired) electrons. The van der Waals surface area contributed by atoms with Crippen molar-refractivity contribution in [2.45, 2.75) is 45.1 Å². The fourth-order valence-electron chi connectivity index (χ4n) is 3.40.